The van der Waals surface area contributed by atoms with Gasteiger partial charge in [-0.05, 0) is 38.5 Å². The third-order valence-electron chi connectivity index (χ3n) is 3.67. The van der Waals surface area contributed by atoms with Crippen LogP contribution in [0.4, 0.5) is 0 Å². The van der Waals surface area contributed by atoms with Crippen LogP contribution in [0, 0.1) is 6.92 Å². The average Bonchev–Trinajstić information content (AvgIpc) is 2.97. The molecule has 6 heteroatoms. The van der Waals surface area contributed by atoms with Crippen molar-refractivity contribution in [3.05, 3.63) is 42.2 Å². The Morgan fingerprint density at radius 2 is 1.71 bits per heavy atom. The predicted octanol–water partition coefficient (Wildman–Crippen LogP) is 4.14. The number of nitrogens with one attached hydrogen (secondary N) is 1. The SMILES string of the molecule is CC.Cc1c[nH]c2ncc(-c3ccc(S(=O)(=O)C(C)C)cc3)nc12. The first kappa shape index (κ1) is 18.1. The van der Waals surface area contributed by atoms with Gasteiger partial charge in [-0.1, -0.05) is 26.0 Å². The normalized spacial score (nSPS) is 11.4. The van der Waals surface area contributed by atoms with Crippen molar-refractivity contribution in [3.8, 4) is 11.3 Å². The van der Waals surface area contributed by atoms with Gasteiger partial charge in [-0.3, -0.25) is 0 Å². The van der Waals surface area contributed by atoms with Crippen LogP contribution < -0.4 is 0 Å². The van der Waals surface area contributed by atoms with Crippen molar-refractivity contribution >= 4 is 21.0 Å². The molecule has 5 nitrogen and oxygen atoms in total. The Hall–Kier alpha value is -2.21. The zero-order chi connectivity index (χ0) is 17.9. The van der Waals surface area contributed by atoms with Gasteiger partial charge in [-0.15, -0.1) is 0 Å². The van der Waals surface area contributed by atoms with Crippen LogP contribution in [-0.4, -0.2) is 28.6 Å². The number of hydrogen-bond acceptors (Lipinski definition) is 4. The highest BCUT2D eigenvalue weighted by Gasteiger charge is 2.19. The third kappa shape index (κ3) is 3.33. The Kier molecular flexibility index (Phi) is 5.39. The summed E-state index contributed by atoms with van der Waals surface area (Å²) >= 11 is 0. The molecule has 0 bridgehead atoms. The maximum absolute atomic E-state index is 12.1. The minimum absolute atomic E-state index is 0.332. The molecule has 0 amide bonds. The second-order valence-electron chi connectivity index (χ2n) is 5.54. The molecule has 0 saturated heterocycles. The van der Waals surface area contributed by atoms with Crippen molar-refractivity contribution in [2.75, 3.05) is 0 Å². The van der Waals surface area contributed by atoms with E-state index in [1.807, 2.05) is 27.0 Å². The zero-order valence-electron chi connectivity index (χ0n) is 14.7. The zero-order valence-corrected chi connectivity index (χ0v) is 15.5. The number of aryl methyl sites for hydroxylation is 1. The largest absolute Gasteiger partial charge is 0.345 e. The second-order valence-corrected chi connectivity index (χ2v) is 8.05. The van der Waals surface area contributed by atoms with Crippen LogP contribution >= 0.6 is 0 Å². The van der Waals surface area contributed by atoms with Crippen LogP contribution in [-0.2, 0) is 9.84 Å². The van der Waals surface area contributed by atoms with Gasteiger partial charge in [-0.25, -0.2) is 18.4 Å². The van der Waals surface area contributed by atoms with E-state index in [0.29, 0.717) is 4.90 Å². The van der Waals surface area contributed by atoms with Crippen molar-refractivity contribution in [1.82, 2.24) is 15.0 Å². The first-order valence-corrected chi connectivity index (χ1v) is 9.59. The molecule has 2 heterocycles. The van der Waals surface area contributed by atoms with Crippen LogP contribution in [0.3, 0.4) is 0 Å². The van der Waals surface area contributed by atoms with Gasteiger partial charge in [0, 0.05) is 11.8 Å². The van der Waals surface area contributed by atoms with E-state index in [9.17, 15) is 8.42 Å². The fourth-order valence-corrected chi connectivity index (χ4v) is 3.30. The lowest BCUT2D eigenvalue weighted by atomic mass is 10.1. The number of rotatable bonds is 3. The molecule has 0 fully saturated rings. The lowest BCUT2D eigenvalue weighted by Crippen LogP contribution is -2.13. The van der Waals surface area contributed by atoms with Crippen molar-refractivity contribution in [2.24, 2.45) is 0 Å². The summed E-state index contributed by atoms with van der Waals surface area (Å²) in [5.41, 5.74) is 4.18. The number of H-pyrrole nitrogens is 1. The molecule has 1 aromatic carbocycles. The van der Waals surface area contributed by atoms with E-state index in [4.69, 9.17) is 0 Å². The topological polar surface area (TPSA) is 75.7 Å². The number of benzene rings is 1. The summed E-state index contributed by atoms with van der Waals surface area (Å²) in [6.07, 6.45) is 3.55. The number of hydrogen-bond donors (Lipinski definition) is 1. The predicted molar refractivity (Wildman–Crippen MR) is 97.7 cm³/mol. The molecule has 1 N–H and O–H groups in total. The van der Waals surface area contributed by atoms with Crippen LogP contribution in [0.1, 0.15) is 33.3 Å². The van der Waals surface area contributed by atoms with Gasteiger partial charge >= 0.3 is 0 Å². The van der Waals surface area contributed by atoms with Crippen LogP contribution in [0.15, 0.2) is 41.6 Å². The van der Waals surface area contributed by atoms with Crippen LogP contribution in [0.5, 0.6) is 0 Å². The number of fused-ring (bicyclic) bond motifs is 1. The Labute approximate surface area is 143 Å². The van der Waals surface area contributed by atoms with E-state index in [2.05, 4.69) is 15.0 Å². The summed E-state index contributed by atoms with van der Waals surface area (Å²) in [7, 11) is -3.25. The van der Waals surface area contributed by atoms with E-state index >= 15 is 0 Å². The molecule has 128 valence electrons. The molecule has 0 radical (unpaired) electrons. The molecule has 0 atom stereocenters. The highest BCUT2D eigenvalue weighted by Crippen LogP contribution is 2.23. The van der Waals surface area contributed by atoms with Crippen molar-refractivity contribution in [2.45, 2.75) is 44.8 Å². The molecule has 0 aliphatic rings. The number of aromatic amines is 1. The smallest absolute Gasteiger partial charge is 0.180 e. The number of aromatic nitrogens is 3. The van der Waals surface area contributed by atoms with Gasteiger partial charge in [0.1, 0.15) is 5.52 Å². The summed E-state index contributed by atoms with van der Waals surface area (Å²) in [6, 6.07) is 6.79. The molecule has 0 aliphatic heterocycles. The summed E-state index contributed by atoms with van der Waals surface area (Å²) in [5.74, 6) is 0. The lowest BCUT2D eigenvalue weighted by molar-refractivity contribution is 0.587. The maximum Gasteiger partial charge on any atom is 0.180 e. The second kappa shape index (κ2) is 7.13. The molecular weight excluding hydrogens is 322 g/mol. The first-order chi connectivity index (χ1) is 11.4. The van der Waals surface area contributed by atoms with Gasteiger partial charge in [0.15, 0.2) is 15.5 Å². The quantitative estimate of drug-likeness (QED) is 0.774. The maximum atomic E-state index is 12.1. The highest BCUT2D eigenvalue weighted by atomic mass is 32.2. The number of sulfone groups is 1. The van der Waals surface area contributed by atoms with Gasteiger partial charge in [0.05, 0.1) is 22.0 Å². The Morgan fingerprint density at radius 1 is 1.08 bits per heavy atom. The lowest BCUT2D eigenvalue weighted by Gasteiger charge is -2.08. The third-order valence-corrected chi connectivity index (χ3v) is 5.84. The van der Waals surface area contributed by atoms with E-state index in [-0.39, 0.29) is 0 Å². The Morgan fingerprint density at radius 3 is 2.29 bits per heavy atom. The van der Waals surface area contributed by atoms with Crippen LogP contribution in [0.25, 0.3) is 22.4 Å². The molecule has 0 saturated carbocycles. The van der Waals surface area contributed by atoms with E-state index in [1.165, 1.54) is 0 Å². The standard InChI is InChI=1S/C16H17N3O2S.C2H6/c1-10(2)22(20,21)13-6-4-12(5-7-13)14-9-18-16-15(19-14)11(3)8-17-16;1-2/h4-10H,1-3H3,(H,17,18);1-2H3. The molecule has 24 heavy (non-hydrogen) atoms. The fourth-order valence-electron chi connectivity index (χ4n) is 2.24. The summed E-state index contributed by atoms with van der Waals surface area (Å²) in [6.45, 7) is 9.32. The highest BCUT2D eigenvalue weighted by molar-refractivity contribution is 7.92. The average molecular weight is 345 g/mol. The van der Waals surface area contributed by atoms with E-state index in [1.54, 1.807) is 44.3 Å². The van der Waals surface area contributed by atoms with Crippen LogP contribution in [0.2, 0.25) is 0 Å². The van der Waals surface area contributed by atoms with Gasteiger partial charge < -0.3 is 4.98 Å². The first-order valence-electron chi connectivity index (χ1n) is 8.04. The van der Waals surface area contributed by atoms with Crippen molar-refractivity contribution in [3.63, 3.8) is 0 Å². The van der Waals surface area contributed by atoms with Gasteiger partial charge in [0.2, 0.25) is 0 Å². The van der Waals surface area contributed by atoms with Crippen molar-refractivity contribution in [1.29, 1.82) is 0 Å². The Bertz CT molecular complexity index is 927. The monoisotopic (exact) mass is 345 g/mol. The molecule has 0 unspecified atom stereocenters. The molecule has 0 spiro atoms. The van der Waals surface area contributed by atoms with E-state index < -0.39 is 15.1 Å². The van der Waals surface area contributed by atoms with Gasteiger partial charge in [-0.2, -0.15) is 0 Å². The van der Waals surface area contributed by atoms with Gasteiger partial charge in [0.25, 0.3) is 0 Å². The summed E-state index contributed by atoms with van der Waals surface area (Å²) in [5, 5.41) is -0.433. The molecule has 0 aliphatic carbocycles. The molecule has 2 aromatic heterocycles. The summed E-state index contributed by atoms with van der Waals surface area (Å²) in [4.78, 5) is 12.3. The minimum Gasteiger partial charge on any atom is -0.345 e. The summed E-state index contributed by atoms with van der Waals surface area (Å²) < 4.78 is 24.3. The molecule has 3 rings (SSSR count). The number of nitrogens with zero attached hydrogens (tertiary/aromatic N) is 2. The molecule has 3 aromatic rings. The molecular formula is C18H23N3O2S. The minimum atomic E-state index is -3.25. The fraction of sp³-hybridized carbons (Fsp3) is 0.333. The Balaban J connectivity index is 0.00000100. The van der Waals surface area contributed by atoms with E-state index in [0.717, 1.165) is 28.0 Å². The van der Waals surface area contributed by atoms with Crippen molar-refractivity contribution < 1.29 is 8.42 Å².